The van der Waals surface area contributed by atoms with Crippen LogP contribution in [0.5, 0.6) is 0 Å². The smallest absolute Gasteiger partial charge is 0.156 e. The van der Waals surface area contributed by atoms with Gasteiger partial charge in [0.25, 0.3) is 0 Å². The van der Waals surface area contributed by atoms with E-state index in [4.69, 9.17) is 23.2 Å². The second-order valence-electron chi connectivity index (χ2n) is 6.14. The summed E-state index contributed by atoms with van der Waals surface area (Å²) in [6.45, 7) is 0. The Morgan fingerprint density at radius 1 is 1.04 bits per heavy atom. The molecule has 3 aromatic heterocycles. The predicted molar refractivity (Wildman–Crippen MR) is 97.6 cm³/mol. The van der Waals surface area contributed by atoms with Crippen LogP contribution in [-0.2, 0) is 0 Å². The molecular formula is C17H17Cl2N5. The maximum atomic E-state index is 6.24. The van der Waals surface area contributed by atoms with Crippen molar-refractivity contribution < 1.29 is 0 Å². The zero-order valence-electron chi connectivity index (χ0n) is 13.0. The molecule has 4 rings (SSSR count). The van der Waals surface area contributed by atoms with E-state index < -0.39 is 0 Å². The van der Waals surface area contributed by atoms with Gasteiger partial charge in [0.05, 0.1) is 6.20 Å². The number of H-pyrrole nitrogens is 1. The van der Waals surface area contributed by atoms with Crippen LogP contribution in [0.3, 0.4) is 0 Å². The molecule has 1 aliphatic rings. The van der Waals surface area contributed by atoms with Gasteiger partial charge in [-0.1, -0.05) is 42.5 Å². The van der Waals surface area contributed by atoms with Crippen LogP contribution < -0.4 is 5.32 Å². The van der Waals surface area contributed by atoms with Crippen LogP contribution >= 0.6 is 23.2 Å². The third kappa shape index (κ3) is 3.19. The van der Waals surface area contributed by atoms with Crippen LogP contribution in [0.4, 0.5) is 5.82 Å². The van der Waals surface area contributed by atoms with Gasteiger partial charge in [0.1, 0.15) is 21.6 Å². The third-order valence-electron chi connectivity index (χ3n) is 4.41. The summed E-state index contributed by atoms with van der Waals surface area (Å²) in [7, 11) is 0. The van der Waals surface area contributed by atoms with Gasteiger partial charge < -0.3 is 10.3 Å². The third-order valence-corrected chi connectivity index (χ3v) is 4.79. The normalized spacial score (nSPS) is 15.8. The Kier molecular flexibility index (Phi) is 4.29. The molecule has 0 atom stereocenters. The standard InChI is InChI=1S/C17H17Cl2N5/c18-13-6-10(7-15(23-13)22-11-4-2-1-3-5-11)12-8-20-17-16(12)24-14(19)9-21-17/h6-9,11H,1-5H2,(H,20,21)(H,22,23). The average Bonchev–Trinajstić information content (AvgIpc) is 2.98. The second-order valence-corrected chi connectivity index (χ2v) is 6.91. The van der Waals surface area contributed by atoms with Gasteiger partial charge in [-0.3, -0.25) is 0 Å². The maximum absolute atomic E-state index is 6.24. The summed E-state index contributed by atoms with van der Waals surface area (Å²) in [5.41, 5.74) is 3.28. The van der Waals surface area contributed by atoms with E-state index in [1.165, 1.54) is 38.3 Å². The molecule has 0 radical (unpaired) electrons. The highest BCUT2D eigenvalue weighted by Gasteiger charge is 2.16. The van der Waals surface area contributed by atoms with Crippen LogP contribution in [0, 0.1) is 0 Å². The van der Waals surface area contributed by atoms with Gasteiger partial charge in [0.15, 0.2) is 5.65 Å². The van der Waals surface area contributed by atoms with Crippen LogP contribution in [0.25, 0.3) is 22.3 Å². The van der Waals surface area contributed by atoms with Crippen molar-refractivity contribution in [1.82, 2.24) is 19.9 Å². The van der Waals surface area contributed by atoms with Gasteiger partial charge in [-0.05, 0) is 30.5 Å². The Balaban J connectivity index is 1.70. The lowest BCUT2D eigenvalue weighted by Gasteiger charge is -2.23. The molecule has 1 aliphatic carbocycles. The van der Waals surface area contributed by atoms with Gasteiger partial charge >= 0.3 is 0 Å². The first kappa shape index (κ1) is 15.7. The van der Waals surface area contributed by atoms with Crippen LogP contribution in [0.1, 0.15) is 32.1 Å². The molecule has 0 amide bonds. The van der Waals surface area contributed by atoms with Gasteiger partial charge in [-0.25, -0.2) is 15.0 Å². The molecule has 3 heterocycles. The molecule has 1 saturated carbocycles. The van der Waals surface area contributed by atoms with Crippen LogP contribution in [0.2, 0.25) is 10.3 Å². The number of aromatic nitrogens is 4. The van der Waals surface area contributed by atoms with E-state index >= 15 is 0 Å². The Labute approximate surface area is 149 Å². The van der Waals surface area contributed by atoms with E-state index in [1.807, 2.05) is 18.3 Å². The van der Waals surface area contributed by atoms with Crippen molar-refractivity contribution in [1.29, 1.82) is 0 Å². The number of pyridine rings is 1. The Hall–Kier alpha value is -1.85. The zero-order valence-corrected chi connectivity index (χ0v) is 14.5. The number of halogens is 2. The fraction of sp³-hybridized carbons (Fsp3) is 0.353. The maximum Gasteiger partial charge on any atom is 0.156 e. The van der Waals surface area contributed by atoms with Crippen molar-refractivity contribution in [2.75, 3.05) is 5.32 Å². The van der Waals surface area contributed by atoms with Gasteiger partial charge in [-0.15, -0.1) is 0 Å². The molecule has 0 bridgehead atoms. The Bertz CT molecular complexity index is 871. The van der Waals surface area contributed by atoms with Crippen LogP contribution in [0.15, 0.2) is 24.5 Å². The minimum atomic E-state index is 0.365. The highest BCUT2D eigenvalue weighted by atomic mass is 35.5. The molecule has 0 aromatic carbocycles. The number of anilines is 1. The van der Waals surface area contributed by atoms with E-state index in [0.29, 0.717) is 22.0 Å². The highest BCUT2D eigenvalue weighted by molar-refractivity contribution is 6.30. The Morgan fingerprint density at radius 3 is 2.71 bits per heavy atom. The van der Waals surface area contributed by atoms with E-state index in [1.54, 1.807) is 0 Å². The molecule has 24 heavy (non-hydrogen) atoms. The SMILES string of the molecule is Clc1cc(-c2c[nH]c3ncc(Cl)nc23)cc(NC2CCCCC2)n1. The molecule has 0 saturated heterocycles. The summed E-state index contributed by atoms with van der Waals surface area (Å²) in [6.07, 6.45) is 9.61. The topological polar surface area (TPSA) is 66.5 Å². The molecule has 5 nitrogen and oxygen atoms in total. The lowest BCUT2D eigenvalue weighted by molar-refractivity contribution is 0.462. The number of nitrogens with one attached hydrogen (secondary N) is 2. The Morgan fingerprint density at radius 2 is 1.88 bits per heavy atom. The summed E-state index contributed by atoms with van der Waals surface area (Å²) in [5, 5.41) is 4.33. The summed E-state index contributed by atoms with van der Waals surface area (Å²) >= 11 is 12.2. The molecule has 2 N–H and O–H groups in total. The van der Waals surface area contributed by atoms with Crippen molar-refractivity contribution >= 4 is 40.2 Å². The largest absolute Gasteiger partial charge is 0.367 e. The fourth-order valence-electron chi connectivity index (χ4n) is 3.27. The number of rotatable bonds is 3. The van der Waals surface area contributed by atoms with Crippen molar-refractivity contribution in [2.24, 2.45) is 0 Å². The molecule has 7 heteroatoms. The first-order valence-corrected chi connectivity index (χ1v) is 8.89. The molecule has 0 spiro atoms. The molecule has 1 fully saturated rings. The summed E-state index contributed by atoms with van der Waals surface area (Å²) < 4.78 is 0. The van der Waals surface area contributed by atoms with E-state index in [2.05, 4.69) is 25.3 Å². The molecular weight excluding hydrogens is 345 g/mol. The van der Waals surface area contributed by atoms with Gasteiger partial charge in [-0.2, -0.15) is 0 Å². The first-order valence-electron chi connectivity index (χ1n) is 8.13. The number of hydrogen-bond acceptors (Lipinski definition) is 4. The number of aromatic amines is 1. The van der Waals surface area contributed by atoms with E-state index in [-0.39, 0.29) is 0 Å². The minimum absolute atomic E-state index is 0.365. The van der Waals surface area contributed by atoms with E-state index in [0.717, 1.165) is 22.5 Å². The second kappa shape index (κ2) is 6.57. The van der Waals surface area contributed by atoms with Crippen molar-refractivity contribution in [2.45, 2.75) is 38.1 Å². The molecule has 0 aliphatic heterocycles. The summed E-state index contributed by atoms with van der Waals surface area (Å²) in [5.74, 6) is 0.800. The average molecular weight is 362 g/mol. The van der Waals surface area contributed by atoms with Crippen molar-refractivity contribution in [3.63, 3.8) is 0 Å². The minimum Gasteiger partial charge on any atom is -0.367 e. The van der Waals surface area contributed by atoms with Gasteiger partial charge in [0, 0.05) is 17.8 Å². The summed E-state index contributed by atoms with van der Waals surface area (Å²) in [6, 6.07) is 4.31. The molecule has 3 aromatic rings. The predicted octanol–water partition coefficient (Wildman–Crippen LogP) is 5.07. The first-order chi connectivity index (χ1) is 11.7. The monoisotopic (exact) mass is 361 g/mol. The molecule has 0 unspecified atom stereocenters. The van der Waals surface area contributed by atoms with Crippen molar-refractivity contribution in [3.05, 3.63) is 34.8 Å². The number of fused-ring (bicyclic) bond motifs is 1. The zero-order chi connectivity index (χ0) is 16.5. The number of nitrogens with zero attached hydrogens (tertiary/aromatic N) is 3. The fourth-order valence-corrected chi connectivity index (χ4v) is 3.61. The summed E-state index contributed by atoms with van der Waals surface area (Å²) in [4.78, 5) is 16.2. The van der Waals surface area contributed by atoms with Crippen molar-refractivity contribution in [3.8, 4) is 11.1 Å². The lowest BCUT2D eigenvalue weighted by atomic mass is 9.95. The lowest BCUT2D eigenvalue weighted by Crippen LogP contribution is -2.22. The quantitative estimate of drug-likeness (QED) is 0.639. The number of hydrogen-bond donors (Lipinski definition) is 2. The van der Waals surface area contributed by atoms with Gasteiger partial charge in [0.2, 0.25) is 0 Å². The van der Waals surface area contributed by atoms with Crippen LogP contribution in [-0.4, -0.2) is 26.0 Å². The molecule has 124 valence electrons. The van der Waals surface area contributed by atoms with E-state index in [9.17, 15) is 0 Å². The highest BCUT2D eigenvalue weighted by Crippen LogP contribution is 2.31.